The third kappa shape index (κ3) is 3.68. The molecule has 104 valence electrons. The summed E-state index contributed by atoms with van der Waals surface area (Å²) in [4.78, 5) is 1.16. The zero-order valence-electron chi connectivity index (χ0n) is 11.1. The van der Waals surface area contributed by atoms with E-state index < -0.39 is 0 Å². The highest BCUT2D eigenvalue weighted by Crippen LogP contribution is 2.26. The maximum Gasteiger partial charge on any atom is 0.170 e. The summed E-state index contributed by atoms with van der Waals surface area (Å²) in [6, 6.07) is 15.6. The molecule has 0 aromatic heterocycles. The van der Waals surface area contributed by atoms with Crippen LogP contribution in [0.15, 0.2) is 58.6 Å². The van der Waals surface area contributed by atoms with E-state index in [1.165, 1.54) is 5.56 Å². The van der Waals surface area contributed by atoms with E-state index in [-0.39, 0.29) is 5.84 Å². The van der Waals surface area contributed by atoms with Gasteiger partial charge in [-0.15, -0.1) is 11.8 Å². The molecule has 0 fully saturated rings. The van der Waals surface area contributed by atoms with Crippen molar-refractivity contribution in [2.24, 2.45) is 10.9 Å². The number of amidine groups is 1. The number of methoxy groups -OCH3 is 1. The number of ether oxygens (including phenoxy) is 1. The van der Waals surface area contributed by atoms with Crippen LogP contribution in [0, 0.1) is 0 Å². The Labute approximate surface area is 122 Å². The predicted octanol–water partition coefficient (Wildman–Crippen LogP) is 3.08. The maximum atomic E-state index is 8.61. The van der Waals surface area contributed by atoms with Crippen molar-refractivity contribution in [1.82, 2.24) is 0 Å². The standard InChI is InChI=1S/C15H16N2O2S/c1-19-13-3-2-4-14(9-13)20-10-11-5-7-12(8-6-11)15(16)17-18/h2-9,18H,10H2,1H3,(H2,16,17). The minimum absolute atomic E-state index is 0.122. The summed E-state index contributed by atoms with van der Waals surface area (Å²) < 4.78 is 5.20. The van der Waals surface area contributed by atoms with Crippen molar-refractivity contribution in [2.45, 2.75) is 10.6 Å². The van der Waals surface area contributed by atoms with Gasteiger partial charge in [0.25, 0.3) is 0 Å². The normalized spacial score (nSPS) is 11.3. The fraction of sp³-hybridized carbons (Fsp3) is 0.133. The summed E-state index contributed by atoms with van der Waals surface area (Å²) in [5, 5.41) is 11.6. The monoisotopic (exact) mass is 288 g/mol. The van der Waals surface area contributed by atoms with Gasteiger partial charge in [-0.2, -0.15) is 0 Å². The number of benzene rings is 2. The number of nitrogens with zero attached hydrogens (tertiary/aromatic N) is 1. The molecule has 0 aliphatic heterocycles. The Morgan fingerprint density at radius 2 is 2.00 bits per heavy atom. The van der Waals surface area contributed by atoms with E-state index in [0.717, 1.165) is 16.4 Å². The lowest BCUT2D eigenvalue weighted by molar-refractivity contribution is 0.318. The molecule has 0 spiro atoms. The molecule has 0 radical (unpaired) electrons. The summed E-state index contributed by atoms with van der Waals surface area (Å²) in [7, 11) is 1.66. The van der Waals surface area contributed by atoms with E-state index in [1.54, 1.807) is 18.9 Å². The SMILES string of the molecule is COc1cccc(SCc2ccc(/C(N)=N/O)cc2)c1. The molecule has 2 aromatic rings. The molecule has 0 amide bonds. The van der Waals surface area contributed by atoms with Gasteiger partial charge in [0.1, 0.15) is 5.75 Å². The lowest BCUT2D eigenvalue weighted by atomic mass is 10.1. The molecular formula is C15H16N2O2S. The van der Waals surface area contributed by atoms with Crippen molar-refractivity contribution in [3.05, 3.63) is 59.7 Å². The van der Waals surface area contributed by atoms with Crippen LogP contribution in [-0.4, -0.2) is 18.2 Å². The van der Waals surface area contributed by atoms with Gasteiger partial charge in [-0.3, -0.25) is 0 Å². The average Bonchev–Trinajstić information content (AvgIpc) is 2.53. The van der Waals surface area contributed by atoms with Crippen LogP contribution in [0.4, 0.5) is 0 Å². The summed E-state index contributed by atoms with van der Waals surface area (Å²) in [6.45, 7) is 0. The van der Waals surface area contributed by atoms with E-state index in [9.17, 15) is 0 Å². The van der Waals surface area contributed by atoms with Crippen LogP contribution >= 0.6 is 11.8 Å². The summed E-state index contributed by atoms with van der Waals surface area (Å²) in [5.74, 6) is 1.83. The van der Waals surface area contributed by atoms with Crippen molar-refractivity contribution in [2.75, 3.05) is 7.11 Å². The minimum atomic E-state index is 0.122. The van der Waals surface area contributed by atoms with E-state index >= 15 is 0 Å². The van der Waals surface area contributed by atoms with Crippen LogP contribution in [0.5, 0.6) is 5.75 Å². The first-order chi connectivity index (χ1) is 9.72. The Balaban J connectivity index is 2.00. The molecule has 4 nitrogen and oxygen atoms in total. The largest absolute Gasteiger partial charge is 0.497 e. The minimum Gasteiger partial charge on any atom is -0.497 e. The second kappa shape index (κ2) is 6.86. The quantitative estimate of drug-likeness (QED) is 0.292. The van der Waals surface area contributed by atoms with Gasteiger partial charge in [-0.05, 0) is 23.8 Å². The van der Waals surface area contributed by atoms with Crippen LogP contribution in [0.25, 0.3) is 0 Å². The maximum absolute atomic E-state index is 8.61. The summed E-state index contributed by atoms with van der Waals surface area (Å²) in [6.07, 6.45) is 0. The molecular weight excluding hydrogens is 272 g/mol. The highest BCUT2D eigenvalue weighted by molar-refractivity contribution is 7.98. The van der Waals surface area contributed by atoms with Crippen molar-refractivity contribution in [1.29, 1.82) is 0 Å². The fourth-order valence-electron chi connectivity index (χ4n) is 1.69. The van der Waals surface area contributed by atoms with Gasteiger partial charge in [0.05, 0.1) is 7.11 Å². The van der Waals surface area contributed by atoms with Crippen molar-refractivity contribution in [3.8, 4) is 5.75 Å². The van der Waals surface area contributed by atoms with E-state index in [4.69, 9.17) is 15.7 Å². The molecule has 0 heterocycles. The van der Waals surface area contributed by atoms with Gasteiger partial charge in [0.2, 0.25) is 0 Å². The molecule has 0 atom stereocenters. The van der Waals surface area contributed by atoms with Crippen LogP contribution in [0.3, 0.4) is 0 Å². The van der Waals surface area contributed by atoms with Crippen LogP contribution in [0.2, 0.25) is 0 Å². The van der Waals surface area contributed by atoms with Gasteiger partial charge in [-0.25, -0.2) is 0 Å². The smallest absolute Gasteiger partial charge is 0.170 e. The average molecular weight is 288 g/mol. The molecule has 0 unspecified atom stereocenters. The Morgan fingerprint density at radius 3 is 2.65 bits per heavy atom. The van der Waals surface area contributed by atoms with Crippen LogP contribution in [0.1, 0.15) is 11.1 Å². The fourth-order valence-corrected chi connectivity index (χ4v) is 2.59. The van der Waals surface area contributed by atoms with Gasteiger partial charge in [-0.1, -0.05) is 35.5 Å². The Bertz CT molecular complexity index is 597. The van der Waals surface area contributed by atoms with Gasteiger partial charge in [0.15, 0.2) is 5.84 Å². The number of thioether (sulfide) groups is 1. The number of hydrogen-bond acceptors (Lipinski definition) is 4. The molecule has 3 N–H and O–H groups in total. The van der Waals surface area contributed by atoms with Gasteiger partial charge in [0, 0.05) is 16.2 Å². The number of hydrogen-bond donors (Lipinski definition) is 2. The second-order valence-corrected chi connectivity index (χ2v) is 5.20. The zero-order chi connectivity index (χ0) is 14.4. The third-order valence-corrected chi connectivity index (χ3v) is 3.87. The van der Waals surface area contributed by atoms with Crippen LogP contribution in [-0.2, 0) is 5.75 Å². The molecule has 2 aromatic carbocycles. The van der Waals surface area contributed by atoms with Gasteiger partial charge >= 0.3 is 0 Å². The third-order valence-electron chi connectivity index (χ3n) is 2.80. The first-order valence-electron chi connectivity index (χ1n) is 6.06. The molecule has 2 rings (SSSR count). The molecule has 0 aliphatic rings. The van der Waals surface area contributed by atoms with Crippen molar-refractivity contribution >= 4 is 17.6 Å². The van der Waals surface area contributed by atoms with Crippen molar-refractivity contribution in [3.63, 3.8) is 0 Å². The topological polar surface area (TPSA) is 67.8 Å². The molecule has 0 bridgehead atoms. The van der Waals surface area contributed by atoms with E-state index in [2.05, 4.69) is 11.2 Å². The highest BCUT2D eigenvalue weighted by atomic mass is 32.2. The van der Waals surface area contributed by atoms with Crippen molar-refractivity contribution < 1.29 is 9.94 Å². The van der Waals surface area contributed by atoms with E-state index in [1.807, 2.05) is 42.5 Å². The summed E-state index contributed by atoms with van der Waals surface area (Å²) in [5.41, 5.74) is 7.41. The second-order valence-electron chi connectivity index (χ2n) is 4.15. The Kier molecular flexibility index (Phi) is 4.90. The molecule has 0 aliphatic carbocycles. The first-order valence-corrected chi connectivity index (χ1v) is 7.05. The summed E-state index contributed by atoms with van der Waals surface area (Å²) >= 11 is 1.73. The zero-order valence-corrected chi connectivity index (χ0v) is 11.9. The van der Waals surface area contributed by atoms with E-state index in [0.29, 0.717) is 5.56 Å². The Morgan fingerprint density at radius 1 is 1.25 bits per heavy atom. The first kappa shape index (κ1) is 14.3. The molecule has 5 heteroatoms. The van der Waals surface area contributed by atoms with Gasteiger partial charge < -0.3 is 15.7 Å². The highest BCUT2D eigenvalue weighted by Gasteiger charge is 2.01. The van der Waals surface area contributed by atoms with Crippen LogP contribution < -0.4 is 10.5 Å². The molecule has 0 saturated heterocycles. The Hall–Kier alpha value is -2.14. The number of oxime groups is 1. The predicted molar refractivity (Wildman–Crippen MR) is 81.5 cm³/mol. The lowest BCUT2D eigenvalue weighted by Crippen LogP contribution is -2.12. The lowest BCUT2D eigenvalue weighted by Gasteiger charge is -2.05. The number of nitrogens with two attached hydrogens (primary N) is 1. The molecule has 0 saturated carbocycles. The number of rotatable bonds is 5. The molecule has 20 heavy (non-hydrogen) atoms.